The number of benzene rings is 1. The summed E-state index contributed by atoms with van der Waals surface area (Å²) in [5.41, 5.74) is 0.404. The molecule has 3 N–H and O–H groups in total. The third kappa shape index (κ3) is 6.58. The van der Waals surface area contributed by atoms with Gasteiger partial charge in [-0.25, -0.2) is 4.79 Å². The second-order valence-corrected chi connectivity index (χ2v) is 7.50. The molecule has 2 amide bonds. The highest BCUT2D eigenvalue weighted by Gasteiger charge is 2.22. The molecule has 2 aromatic rings. The topological polar surface area (TPSA) is 95.5 Å². The molecule has 1 atom stereocenters. The molecule has 0 aliphatic rings. The number of rotatable bonds is 9. The number of thiophene rings is 1. The molecule has 8 heteroatoms. The van der Waals surface area contributed by atoms with Gasteiger partial charge in [-0.2, -0.15) is 11.8 Å². The van der Waals surface area contributed by atoms with Crippen LogP contribution in [-0.4, -0.2) is 40.9 Å². The summed E-state index contributed by atoms with van der Waals surface area (Å²) >= 11 is 2.90. The Morgan fingerprint density at radius 3 is 2.52 bits per heavy atom. The molecule has 0 spiro atoms. The highest BCUT2D eigenvalue weighted by atomic mass is 32.2. The van der Waals surface area contributed by atoms with E-state index in [1.54, 1.807) is 36.4 Å². The molecule has 1 heterocycles. The molecule has 0 radical (unpaired) electrons. The van der Waals surface area contributed by atoms with E-state index >= 15 is 0 Å². The van der Waals surface area contributed by atoms with Crippen LogP contribution in [0, 0.1) is 0 Å². The highest BCUT2D eigenvalue weighted by molar-refractivity contribution is 7.98. The average molecular weight is 405 g/mol. The summed E-state index contributed by atoms with van der Waals surface area (Å²) in [6, 6.07) is 11.1. The van der Waals surface area contributed by atoms with Crippen LogP contribution in [0.3, 0.4) is 0 Å². The fraction of sp³-hybridized carbons (Fsp3) is 0.211. The lowest BCUT2D eigenvalue weighted by molar-refractivity contribution is -0.141. The van der Waals surface area contributed by atoms with Gasteiger partial charge in [-0.1, -0.05) is 24.3 Å². The van der Waals surface area contributed by atoms with Crippen molar-refractivity contribution in [3.8, 4) is 0 Å². The maximum Gasteiger partial charge on any atom is 0.326 e. The Balaban J connectivity index is 2.20. The SMILES string of the molecule is CSCC[C@H](NC(=O)/C(=C\c1cccs1)NC(=O)c1ccccc1)C(=O)O. The van der Waals surface area contributed by atoms with Crippen LogP contribution in [-0.2, 0) is 9.59 Å². The van der Waals surface area contributed by atoms with Crippen molar-refractivity contribution in [1.82, 2.24) is 10.6 Å². The number of carbonyl (C=O) groups is 3. The Labute approximate surface area is 165 Å². The molecule has 1 aromatic heterocycles. The van der Waals surface area contributed by atoms with Crippen molar-refractivity contribution in [2.24, 2.45) is 0 Å². The van der Waals surface area contributed by atoms with Crippen LogP contribution < -0.4 is 10.6 Å². The van der Waals surface area contributed by atoms with Gasteiger partial charge in [0, 0.05) is 10.4 Å². The van der Waals surface area contributed by atoms with Crippen molar-refractivity contribution >= 4 is 47.0 Å². The van der Waals surface area contributed by atoms with Gasteiger partial charge in [-0.3, -0.25) is 9.59 Å². The first kappa shape index (κ1) is 20.7. The largest absolute Gasteiger partial charge is 0.480 e. The van der Waals surface area contributed by atoms with E-state index in [2.05, 4.69) is 10.6 Å². The van der Waals surface area contributed by atoms with Crippen molar-refractivity contribution in [3.63, 3.8) is 0 Å². The Hall–Kier alpha value is -2.58. The lowest BCUT2D eigenvalue weighted by atomic mass is 10.2. The summed E-state index contributed by atoms with van der Waals surface area (Å²) < 4.78 is 0. The average Bonchev–Trinajstić information content (AvgIpc) is 3.18. The monoisotopic (exact) mass is 404 g/mol. The summed E-state index contributed by atoms with van der Waals surface area (Å²) in [5, 5.41) is 16.2. The van der Waals surface area contributed by atoms with Crippen LogP contribution in [0.25, 0.3) is 6.08 Å². The van der Waals surface area contributed by atoms with Gasteiger partial charge in [0.05, 0.1) is 0 Å². The highest BCUT2D eigenvalue weighted by Crippen LogP contribution is 2.13. The molecule has 0 aliphatic heterocycles. The minimum Gasteiger partial charge on any atom is -0.480 e. The van der Waals surface area contributed by atoms with Crippen LogP contribution in [0.1, 0.15) is 21.7 Å². The minimum atomic E-state index is -1.11. The fourth-order valence-corrected chi connectivity index (χ4v) is 3.32. The maximum absolute atomic E-state index is 12.7. The van der Waals surface area contributed by atoms with Gasteiger partial charge in [0.15, 0.2) is 0 Å². The van der Waals surface area contributed by atoms with E-state index in [0.717, 1.165) is 4.88 Å². The van der Waals surface area contributed by atoms with Crippen LogP contribution >= 0.6 is 23.1 Å². The zero-order chi connectivity index (χ0) is 19.6. The maximum atomic E-state index is 12.7. The number of carboxylic acids is 1. The molecule has 27 heavy (non-hydrogen) atoms. The first-order chi connectivity index (χ1) is 13.0. The van der Waals surface area contributed by atoms with Gasteiger partial charge < -0.3 is 15.7 Å². The smallest absolute Gasteiger partial charge is 0.326 e. The summed E-state index contributed by atoms with van der Waals surface area (Å²) in [6.45, 7) is 0. The molecule has 0 unspecified atom stereocenters. The number of nitrogens with one attached hydrogen (secondary N) is 2. The zero-order valence-electron chi connectivity index (χ0n) is 14.7. The number of carbonyl (C=O) groups excluding carboxylic acids is 2. The van der Waals surface area contributed by atoms with Crippen molar-refractivity contribution in [2.75, 3.05) is 12.0 Å². The van der Waals surface area contributed by atoms with Gasteiger partial charge in [-0.15, -0.1) is 11.3 Å². The Kier molecular flexibility index (Phi) is 8.09. The molecule has 2 rings (SSSR count). The van der Waals surface area contributed by atoms with E-state index in [0.29, 0.717) is 17.7 Å². The van der Waals surface area contributed by atoms with Crippen LogP contribution in [0.4, 0.5) is 0 Å². The predicted molar refractivity (Wildman–Crippen MR) is 109 cm³/mol. The summed E-state index contributed by atoms with van der Waals surface area (Å²) in [7, 11) is 0. The fourth-order valence-electron chi connectivity index (χ4n) is 2.19. The van der Waals surface area contributed by atoms with Gasteiger partial charge in [0.1, 0.15) is 11.7 Å². The molecule has 1 aromatic carbocycles. The zero-order valence-corrected chi connectivity index (χ0v) is 16.3. The van der Waals surface area contributed by atoms with Crippen molar-refractivity contribution in [1.29, 1.82) is 0 Å². The molecular weight excluding hydrogens is 384 g/mol. The number of amides is 2. The lowest BCUT2D eigenvalue weighted by Gasteiger charge is -2.16. The van der Waals surface area contributed by atoms with Gasteiger partial charge in [0.25, 0.3) is 11.8 Å². The van der Waals surface area contributed by atoms with E-state index in [-0.39, 0.29) is 5.70 Å². The van der Waals surface area contributed by atoms with Crippen molar-refractivity contribution < 1.29 is 19.5 Å². The summed E-state index contributed by atoms with van der Waals surface area (Å²) in [5.74, 6) is -1.59. The number of aliphatic carboxylic acids is 1. The second kappa shape index (κ2) is 10.5. The van der Waals surface area contributed by atoms with Crippen LogP contribution in [0.15, 0.2) is 53.5 Å². The number of hydrogen-bond donors (Lipinski definition) is 3. The first-order valence-electron chi connectivity index (χ1n) is 8.15. The van der Waals surface area contributed by atoms with Crippen LogP contribution in [0.5, 0.6) is 0 Å². The van der Waals surface area contributed by atoms with E-state index < -0.39 is 23.8 Å². The third-order valence-electron chi connectivity index (χ3n) is 3.57. The molecule has 0 bridgehead atoms. The standard InChI is InChI=1S/C19H20N2O4S2/c1-26-11-9-15(19(24)25)20-18(23)16(12-14-8-5-10-27-14)21-17(22)13-6-3-2-4-7-13/h2-8,10,12,15H,9,11H2,1H3,(H,20,23)(H,21,22)(H,24,25)/b16-12+/t15-/m0/s1. The first-order valence-corrected chi connectivity index (χ1v) is 10.4. The van der Waals surface area contributed by atoms with E-state index in [1.165, 1.54) is 29.2 Å². The van der Waals surface area contributed by atoms with E-state index in [1.807, 2.05) is 17.7 Å². The van der Waals surface area contributed by atoms with E-state index in [4.69, 9.17) is 0 Å². The molecular formula is C19H20N2O4S2. The minimum absolute atomic E-state index is 0.00158. The molecule has 6 nitrogen and oxygen atoms in total. The number of carboxylic acid groups (broad SMARTS) is 1. The van der Waals surface area contributed by atoms with Crippen molar-refractivity contribution in [2.45, 2.75) is 12.5 Å². The summed E-state index contributed by atoms with van der Waals surface area (Å²) in [4.78, 5) is 37.2. The van der Waals surface area contributed by atoms with Gasteiger partial charge >= 0.3 is 5.97 Å². The summed E-state index contributed by atoms with van der Waals surface area (Å²) in [6.07, 6.45) is 3.69. The Bertz CT molecular complexity index is 804. The van der Waals surface area contributed by atoms with Gasteiger partial charge in [0.2, 0.25) is 0 Å². The molecule has 0 aliphatic carbocycles. The number of hydrogen-bond acceptors (Lipinski definition) is 5. The second-order valence-electron chi connectivity index (χ2n) is 5.54. The Morgan fingerprint density at radius 2 is 1.93 bits per heavy atom. The van der Waals surface area contributed by atoms with Crippen molar-refractivity contribution in [3.05, 3.63) is 64.0 Å². The van der Waals surface area contributed by atoms with E-state index in [9.17, 15) is 19.5 Å². The molecule has 0 saturated heterocycles. The molecule has 0 saturated carbocycles. The Morgan fingerprint density at radius 1 is 1.19 bits per heavy atom. The lowest BCUT2D eigenvalue weighted by Crippen LogP contribution is -2.44. The quantitative estimate of drug-likeness (QED) is 0.559. The number of thioether (sulfide) groups is 1. The van der Waals surface area contributed by atoms with Crippen LogP contribution in [0.2, 0.25) is 0 Å². The van der Waals surface area contributed by atoms with Gasteiger partial charge in [-0.05, 0) is 48.1 Å². The third-order valence-corrected chi connectivity index (χ3v) is 5.04. The molecule has 0 fully saturated rings. The predicted octanol–water partition coefficient (Wildman–Crippen LogP) is 2.84. The normalized spacial score (nSPS) is 12.3. The molecule has 142 valence electrons.